The summed E-state index contributed by atoms with van der Waals surface area (Å²) in [4.78, 5) is 11.7. The van der Waals surface area contributed by atoms with E-state index in [1.54, 1.807) is 36.9 Å². The van der Waals surface area contributed by atoms with E-state index < -0.39 is 0 Å². The number of pyridine rings is 4. The van der Waals surface area contributed by atoms with Crippen molar-refractivity contribution in [1.29, 1.82) is 0 Å². The molecular weight excluding hydrogens is 335 g/mol. The van der Waals surface area contributed by atoms with Crippen molar-refractivity contribution in [3.8, 4) is 0 Å². The normalized spacial score (nSPS) is 10.3. The zero-order chi connectivity index (χ0) is 16.2. The van der Waals surface area contributed by atoms with E-state index in [9.17, 15) is 5.21 Å². The molecule has 23 heavy (non-hydrogen) atoms. The molecule has 114 valence electrons. The fourth-order valence-electron chi connectivity index (χ4n) is 2.03. The number of halogens is 2. The Bertz CT molecular complexity index is 973. The topological polar surface area (TPSA) is 65.6 Å². The van der Waals surface area contributed by atoms with Gasteiger partial charge in [0.15, 0.2) is 12.4 Å². The lowest BCUT2D eigenvalue weighted by atomic mass is 10.2. The molecule has 0 saturated heterocycles. The minimum atomic E-state index is 0.359. The molecule has 0 aliphatic carbocycles. The van der Waals surface area contributed by atoms with Gasteiger partial charge in [-0.1, -0.05) is 23.2 Å². The summed E-state index contributed by atoms with van der Waals surface area (Å²) < 4.78 is 0.704. The van der Waals surface area contributed by atoms with Gasteiger partial charge in [-0.05, 0) is 29.0 Å². The second-order valence-corrected chi connectivity index (χ2v) is 5.32. The van der Waals surface area contributed by atoms with Crippen LogP contribution < -0.4 is 4.73 Å². The molecule has 0 aliphatic heterocycles. The van der Waals surface area contributed by atoms with Crippen molar-refractivity contribution in [2.24, 2.45) is 0 Å². The molecule has 5 nitrogen and oxygen atoms in total. The first kappa shape index (κ1) is 15.4. The predicted octanol–water partition coefficient (Wildman–Crippen LogP) is 3.80. The number of hydrogen-bond donors (Lipinski definition) is 0. The van der Waals surface area contributed by atoms with E-state index in [2.05, 4.69) is 15.0 Å². The molecule has 0 fully saturated rings. The third-order valence-electron chi connectivity index (χ3n) is 3.15. The van der Waals surface area contributed by atoms with Crippen LogP contribution in [0.1, 0.15) is 0 Å². The standard InChI is InChI=1S/C8H5ClN2O.C8H5ClN2/c9-8-7-5-11(12)4-2-6(7)1-3-10-8;9-8-7-5-10-3-1-6(7)2-4-11-8/h1-5H;1-5H. The van der Waals surface area contributed by atoms with Gasteiger partial charge >= 0.3 is 0 Å². The first-order valence-electron chi connectivity index (χ1n) is 6.62. The minimum Gasteiger partial charge on any atom is -0.619 e. The summed E-state index contributed by atoms with van der Waals surface area (Å²) in [6, 6.07) is 7.32. The van der Waals surface area contributed by atoms with Crippen molar-refractivity contribution in [3.63, 3.8) is 0 Å². The van der Waals surface area contributed by atoms with E-state index in [-0.39, 0.29) is 0 Å². The van der Waals surface area contributed by atoms with Crippen LogP contribution in [0.25, 0.3) is 21.5 Å². The Labute approximate surface area is 141 Å². The van der Waals surface area contributed by atoms with Crippen LogP contribution in [-0.4, -0.2) is 15.0 Å². The zero-order valence-electron chi connectivity index (χ0n) is 11.7. The van der Waals surface area contributed by atoms with Gasteiger partial charge in [0, 0.05) is 36.2 Å². The van der Waals surface area contributed by atoms with Crippen molar-refractivity contribution < 1.29 is 4.73 Å². The second kappa shape index (κ2) is 6.73. The molecule has 0 bridgehead atoms. The van der Waals surface area contributed by atoms with E-state index in [1.165, 1.54) is 12.4 Å². The van der Waals surface area contributed by atoms with Crippen molar-refractivity contribution in [2.45, 2.75) is 0 Å². The number of aromatic nitrogens is 4. The van der Waals surface area contributed by atoms with E-state index in [4.69, 9.17) is 23.2 Å². The molecular formula is C16H10Cl2N4O. The lowest BCUT2D eigenvalue weighted by Gasteiger charge is -1.98. The van der Waals surface area contributed by atoms with Gasteiger partial charge < -0.3 is 5.21 Å². The molecule has 4 aromatic rings. The third kappa shape index (κ3) is 3.47. The van der Waals surface area contributed by atoms with Crippen LogP contribution in [0.4, 0.5) is 0 Å². The second-order valence-electron chi connectivity index (χ2n) is 4.61. The highest BCUT2D eigenvalue weighted by Crippen LogP contribution is 2.19. The van der Waals surface area contributed by atoms with Gasteiger partial charge in [-0.2, -0.15) is 4.73 Å². The summed E-state index contributed by atoms with van der Waals surface area (Å²) in [5, 5.41) is 15.3. The molecule has 0 aliphatic rings. The van der Waals surface area contributed by atoms with Crippen molar-refractivity contribution in [2.75, 3.05) is 0 Å². The lowest BCUT2D eigenvalue weighted by molar-refractivity contribution is -0.603. The van der Waals surface area contributed by atoms with E-state index >= 15 is 0 Å². The van der Waals surface area contributed by atoms with Crippen LogP contribution in [0.5, 0.6) is 0 Å². The molecule has 4 rings (SSSR count). The Hall–Kier alpha value is -2.50. The lowest BCUT2D eigenvalue weighted by Crippen LogP contribution is -2.23. The molecule has 0 spiro atoms. The largest absolute Gasteiger partial charge is 0.619 e. The third-order valence-corrected chi connectivity index (χ3v) is 3.75. The Balaban J connectivity index is 0.000000136. The maximum absolute atomic E-state index is 10.9. The Morgan fingerprint density at radius 3 is 2.13 bits per heavy atom. The molecule has 0 atom stereocenters. The van der Waals surface area contributed by atoms with Gasteiger partial charge in [0.1, 0.15) is 10.3 Å². The van der Waals surface area contributed by atoms with Crippen molar-refractivity contribution >= 4 is 44.7 Å². The SMILES string of the molecule is Clc1nccc2ccncc12.[O-][n+]1ccc2ccnc(Cl)c2c1. The maximum atomic E-state index is 10.9. The minimum absolute atomic E-state index is 0.359. The highest BCUT2D eigenvalue weighted by atomic mass is 35.5. The van der Waals surface area contributed by atoms with Gasteiger partial charge in [-0.15, -0.1) is 0 Å². The molecule has 0 radical (unpaired) electrons. The fourth-order valence-corrected chi connectivity index (χ4v) is 2.46. The van der Waals surface area contributed by atoms with Crippen LogP contribution in [0.2, 0.25) is 10.3 Å². The molecule has 0 N–H and O–H groups in total. The summed E-state index contributed by atoms with van der Waals surface area (Å²) >= 11 is 11.6. The first-order chi connectivity index (χ1) is 11.1. The average Bonchev–Trinajstić information content (AvgIpc) is 2.57. The zero-order valence-corrected chi connectivity index (χ0v) is 13.2. The van der Waals surface area contributed by atoms with Gasteiger partial charge in [-0.3, -0.25) is 4.98 Å². The quantitative estimate of drug-likeness (QED) is 0.276. The van der Waals surface area contributed by atoms with Crippen LogP contribution in [0, 0.1) is 5.21 Å². The Morgan fingerprint density at radius 2 is 1.43 bits per heavy atom. The average molecular weight is 345 g/mol. The highest BCUT2D eigenvalue weighted by molar-refractivity contribution is 6.34. The van der Waals surface area contributed by atoms with Crippen molar-refractivity contribution in [1.82, 2.24) is 15.0 Å². The molecule has 0 aromatic carbocycles. The number of hydrogen-bond acceptors (Lipinski definition) is 4. The highest BCUT2D eigenvalue weighted by Gasteiger charge is 2.02. The van der Waals surface area contributed by atoms with Gasteiger partial charge in [0.2, 0.25) is 0 Å². The monoisotopic (exact) mass is 344 g/mol. The maximum Gasteiger partial charge on any atom is 0.191 e. The molecule has 0 unspecified atom stereocenters. The smallest absolute Gasteiger partial charge is 0.191 e. The van der Waals surface area contributed by atoms with Crippen LogP contribution in [0.3, 0.4) is 0 Å². The van der Waals surface area contributed by atoms with Crippen LogP contribution >= 0.6 is 23.2 Å². The summed E-state index contributed by atoms with van der Waals surface area (Å²) in [7, 11) is 0. The van der Waals surface area contributed by atoms with Crippen LogP contribution in [-0.2, 0) is 0 Å². The fraction of sp³-hybridized carbons (Fsp3) is 0. The van der Waals surface area contributed by atoms with Gasteiger partial charge in [0.25, 0.3) is 0 Å². The molecule has 0 saturated carbocycles. The number of fused-ring (bicyclic) bond motifs is 2. The van der Waals surface area contributed by atoms with E-state index in [0.717, 1.165) is 16.2 Å². The Morgan fingerprint density at radius 1 is 0.826 bits per heavy atom. The summed E-state index contributed by atoms with van der Waals surface area (Å²) in [6.07, 6.45) is 9.58. The molecule has 7 heteroatoms. The summed E-state index contributed by atoms with van der Waals surface area (Å²) in [6.45, 7) is 0. The molecule has 4 aromatic heterocycles. The van der Waals surface area contributed by atoms with E-state index in [1.807, 2.05) is 12.1 Å². The first-order valence-corrected chi connectivity index (χ1v) is 7.38. The number of rotatable bonds is 0. The van der Waals surface area contributed by atoms with E-state index in [0.29, 0.717) is 20.4 Å². The van der Waals surface area contributed by atoms with Crippen LogP contribution in [0.15, 0.2) is 61.4 Å². The molecule has 0 amide bonds. The Kier molecular flexibility index (Phi) is 4.50. The predicted molar refractivity (Wildman–Crippen MR) is 90.3 cm³/mol. The number of nitrogens with zero attached hydrogens (tertiary/aromatic N) is 4. The summed E-state index contributed by atoms with van der Waals surface area (Å²) in [5.41, 5.74) is 0. The summed E-state index contributed by atoms with van der Waals surface area (Å²) in [5.74, 6) is 0. The van der Waals surface area contributed by atoms with Crippen molar-refractivity contribution in [3.05, 3.63) is 77.0 Å². The molecule has 4 heterocycles. The van der Waals surface area contributed by atoms with Gasteiger partial charge in [0.05, 0.1) is 5.39 Å². The van der Waals surface area contributed by atoms with Gasteiger partial charge in [-0.25, -0.2) is 9.97 Å².